The van der Waals surface area contributed by atoms with Crippen LogP contribution in [0.5, 0.6) is 0 Å². The molecule has 10 heteroatoms. The van der Waals surface area contributed by atoms with Crippen molar-refractivity contribution in [3.05, 3.63) is 45.6 Å². The molecule has 0 aliphatic carbocycles. The van der Waals surface area contributed by atoms with E-state index in [-0.39, 0.29) is 17.2 Å². The normalized spacial score (nSPS) is 17.7. The third-order valence-corrected chi connectivity index (χ3v) is 5.47. The lowest BCUT2D eigenvalue weighted by Crippen LogP contribution is -2.46. The Morgan fingerprint density at radius 3 is 2.52 bits per heavy atom. The predicted octanol–water partition coefficient (Wildman–Crippen LogP) is 1.84. The SMILES string of the molecule is Cc1nc(CN2CCN(c3ccc([N+](=O)[O-])c(C(=O)N4CCCC4)c3)CC2)no1. The number of amides is 1. The molecule has 0 N–H and O–H groups in total. The molecule has 1 aromatic heterocycles. The molecule has 0 spiro atoms. The molecule has 0 radical (unpaired) electrons. The lowest BCUT2D eigenvalue weighted by molar-refractivity contribution is -0.385. The number of hydrogen-bond donors (Lipinski definition) is 0. The van der Waals surface area contributed by atoms with E-state index in [1.807, 2.05) is 0 Å². The van der Waals surface area contributed by atoms with Crippen LogP contribution in [0.4, 0.5) is 11.4 Å². The van der Waals surface area contributed by atoms with Crippen LogP contribution in [-0.2, 0) is 6.54 Å². The van der Waals surface area contributed by atoms with Crippen molar-refractivity contribution in [2.24, 2.45) is 0 Å². The van der Waals surface area contributed by atoms with Gasteiger partial charge in [-0.3, -0.25) is 19.8 Å². The number of anilines is 1. The molecule has 1 aromatic carbocycles. The van der Waals surface area contributed by atoms with Gasteiger partial charge in [0.25, 0.3) is 11.6 Å². The molecule has 2 aliphatic heterocycles. The highest BCUT2D eigenvalue weighted by molar-refractivity contribution is 5.99. The van der Waals surface area contributed by atoms with Crippen LogP contribution in [-0.4, -0.2) is 70.0 Å². The van der Waals surface area contributed by atoms with Crippen molar-refractivity contribution in [3.63, 3.8) is 0 Å². The highest BCUT2D eigenvalue weighted by atomic mass is 16.6. The molecule has 0 atom stereocenters. The molecule has 3 heterocycles. The number of rotatable bonds is 5. The predicted molar refractivity (Wildman–Crippen MR) is 105 cm³/mol. The largest absolute Gasteiger partial charge is 0.369 e. The van der Waals surface area contributed by atoms with Crippen LogP contribution >= 0.6 is 0 Å². The summed E-state index contributed by atoms with van der Waals surface area (Å²) in [5.41, 5.74) is 0.893. The Morgan fingerprint density at radius 1 is 1.17 bits per heavy atom. The summed E-state index contributed by atoms with van der Waals surface area (Å²) in [6, 6.07) is 4.86. The molecule has 2 aliphatic rings. The fraction of sp³-hybridized carbons (Fsp3) is 0.526. The van der Waals surface area contributed by atoms with Crippen LogP contribution in [0.1, 0.15) is 34.9 Å². The molecule has 10 nitrogen and oxygen atoms in total. The molecule has 29 heavy (non-hydrogen) atoms. The molecule has 1 amide bonds. The maximum Gasteiger partial charge on any atom is 0.282 e. The van der Waals surface area contributed by atoms with Gasteiger partial charge in [0.15, 0.2) is 5.82 Å². The smallest absolute Gasteiger partial charge is 0.282 e. The van der Waals surface area contributed by atoms with Crippen molar-refractivity contribution in [3.8, 4) is 0 Å². The zero-order chi connectivity index (χ0) is 20.4. The molecule has 2 aromatic rings. The summed E-state index contributed by atoms with van der Waals surface area (Å²) in [7, 11) is 0. The standard InChI is InChI=1S/C19H24N6O4/c1-14-20-18(21-29-14)13-22-8-10-23(11-9-22)15-4-5-17(25(27)28)16(12-15)19(26)24-6-2-3-7-24/h4-5,12H,2-3,6-11,13H2,1H3. The average molecular weight is 400 g/mol. The minimum atomic E-state index is -0.474. The monoisotopic (exact) mass is 400 g/mol. The van der Waals surface area contributed by atoms with E-state index in [0.29, 0.717) is 31.3 Å². The van der Waals surface area contributed by atoms with Gasteiger partial charge in [0.1, 0.15) is 5.56 Å². The van der Waals surface area contributed by atoms with E-state index in [0.717, 1.165) is 44.7 Å². The first-order chi connectivity index (χ1) is 14.0. The second-order valence-electron chi connectivity index (χ2n) is 7.45. The van der Waals surface area contributed by atoms with Crippen molar-refractivity contribution in [1.29, 1.82) is 0 Å². The third kappa shape index (κ3) is 4.21. The number of aryl methyl sites for hydroxylation is 1. The van der Waals surface area contributed by atoms with Gasteiger partial charge in [-0.25, -0.2) is 0 Å². The number of carbonyl (C=O) groups excluding carboxylic acids is 1. The number of hydrogen-bond acceptors (Lipinski definition) is 8. The van der Waals surface area contributed by atoms with E-state index < -0.39 is 4.92 Å². The fourth-order valence-electron chi connectivity index (χ4n) is 3.91. The maximum absolute atomic E-state index is 12.8. The van der Waals surface area contributed by atoms with Crippen LogP contribution in [0.25, 0.3) is 0 Å². The van der Waals surface area contributed by atoms with Gasteiger partial charge in [0.05, 0.1) is 11.5 Å². The molecule has 2 saturated heterocycles. The van der Waals surface area contributed by atoms with E-state index >= 15 is 0 Å². The van der Waals surface area contributed by atoms with Gasteiger partial charge in [0, 0.05) is 57.9 Å². The summed E-state index contributed by atoms with van der Waals surface area (Å²) in [5, 5.41) is 15.4. The summed E-state index contributed by atoms with van der Waals surface area (Å²) >= 11 is 0. The van der Waals surface area contributed by atoms with Gasteiger partial charge in [-0.1, -0.05) is 5.16 Å². The lowest BCUT2D eigenvalue weighted by Gasteiger charge is -2.35. The molecule has 4 rings (SSSR count). The Balaban J connectivity index is 1.46. The van der Waals surface area contributed by atoms with Crippen LogP contribution in [0.2, 0.25) is 0 Å². The van der Waals surface area contributed by atoms with Gasteiger partial charge in [-0.2, -0.15) is 4.98 Å². The van der Waals surface area contributed by atoms with Gasteiger partial charge in [-0.05, 0) is 25.0 Å². The van der Waals surface area contributed by atoms with Crippen LogP contribution < -0.4 is 4.90 Å². The van der Waals surface area contributed by atoms with Crippen LogP contribution in [0.3, 0.4) is 0 Å². The summed E-state index contributed by atoms with van der Waals surface area (Å²) in [4.78, 5) is 34.1. The number of carbonyl (C=O) groups is 1. The molecular weight excluding hydrogens is 376 g/mol. The van der Waals surface area contributed by atoms with Gasteiger partial charge in [0.2, 0.25) is 5.89 Å². The summed E-state index contributed by atoms with van der Waals surface area (Å²) in [6.45, 7) is 6.84. The average Bonchev–Trinajstić information content (AvgIpc) is 3.39. The first-order valence-corrected chi connectivity index (χ1v) is 9.85. The van der Waals surface area contributed by atoms with Crippen LogP contribution in [0, 0.1) is 17.0 Å². The topological polar surface area (TPSA) is 109 Å². The minimum Gasteiger partial charge on any atom is -0.369 e. The van der Waals surface area contributed by atoms with Crippen molar-refractivity contribution in [2.45, 2.75) is 26.3 Å². The zero-order valence-corrected chi connectivity index (χ0v) is 16.4. The van der Waals surface area contributed by atoms with Gasteiger partial charge in [-0.15, -0.1) is 0 Å². The van der Waals surface area contributed by atoms with E-state index in [4.69, 9.17) is 4.52 Å². The van der Waals surface area contributed by atoms with E-state index in [1.165, 1.54) is 6.07 Å². The molecule has 2 fully saturated rings. The Bertz CT molecular complexity index is 900. The Kier molecular flexibility index (Phi) is 5.43. The molecule has 154 valence electrons. The Hall–Kier alpha value is -3.01. The molecule has 0 bridgehead atoms. The lowest BCUT2D eigenvalue weighted by atomic mass is 10.1. The Labute approximate surface area is 168 Å². The van der Waals surface area contributed by atoms with Crippen molar-refractivity contribution < 1.29 is 14.2 Å². The van der Waals surface area contributed by atoms with Gasteiger partial charge >= 0.3 is 0 Å². The van der Waals surface area contributed by atoms with E-state index in [2.05, 4.69) is 19.9 Å². The van der Waals surface area contributed by atoms with E-state index in [9.17, 15) is 14.9 Å². The fourth-order valence-corrected chi connectivity index (χ4v) is 3.91. The Morgan fingerprint density at radius 2 is 1.90 bits per heavy atom. The number of nitro benzene ring substituents is 1. The number of aromatic nitrogens is 2. The summed E-state index contributed by atoms with van der Waals surface area (Å²) in [6.07, 6.45) is 1.89. The van der Waals surface area contributed by atoms with Crippen molar-refractivity contribution in [2.75, 3.05) is 44.2 Å². The van der Waals surface area contributed by atoms with Gasteiger partial charge < -0.3 is 14.3 Å². The molecule has 0 unspecified atom stereocenters. The van der Waals surface area contributed by atoms with E-state index in [1.54, 1.807) is 24.0 Å². The summed E-state index contributed by atoms with van der Waals surface area (Å²) < 4.78 is 5.02. The second-order valence-corrected chi connectivity index (χ2v) is 7.45. The summed E-state index contributed by atoms with van der Waals surface area (Å²) in [5.74, 6) is 0.978. The van der Waals surface area contributed by atoms with Crippen LogP contribution in [0.15, 0.2) is 22.7 Å². The second kappa shape index (κ2) is 8.16. The number of nitrogens with zero attached hydrogens (tertiary/aromatic N) is 6. The number of benzene rings is 1. The number of nitro groups is 1. The molecular formula is C19H24N6O4. The number of likely N-dealkylation sites (tertiary alicyclic amines) is 1. The minimum absolute atomic E-state index is 0.128. The first-order valence-electron chi connectivity index (χ1n) is 9.85. The third-order valence-electron chi connectivity index (χ3n) is 5.47. The molecule has 0 saturated carbocycles. The van der Waals surface area contributed by atoms with Crippen molar-refractivity contribution in [1.82, 2.24) is 19.9 Å². The highest BCUT2D eigenvalue weighted by Crippen LogP contribution is 2.28. The first kappa shape index (κ1) is 19.3. The van der Waals surface area contributed by atoms with Crippen molar-refractivity contribution >= 4 is 17.3 Å². The quantitative estimate of drug-likeness (QED) is 0.552. The number of piperazine rings is 1. The zero-order valence-electron chi connectivity index (χ0n) is 16.4. The maximum atomic E-state index is 12.8. The highest BCUT2D eigenvalue weighted by Gasteiger charge is 2.28.